The number of hydrogen-bond acceptors (Lipinski definition) is 4. The topological polar surface area (TPSA) is 36.5 Å². The summed E-state index contributed by atoms with van der Waals surface area (Å²) in [6, 6.07) is 3.38. The average molecular weight is 313 g/mol. The molecular formula is C16H25F2N3O. The largest absolute Gasteiger partial charge is 0.496 e. The van der Waals surface area contributed by atoms with E-state index in [4.69, 9.17) is 4.74 Å². The fourth-order valence-corrected chi connectivity index (χ4v) is 3.04. The van der Waals surface area contributed by atoms with Crippen LogP contribution in [-0.2, 0) is 6.54 Å². The van der Waals surface area contributed by atoms with Gasteiger partial charge in [-0.05, 0) is 51.9 Å². The van der Waals surface area contributed by atoms with E-state index < -0.39 is 11.6 Å². The molecule has 1 aliphatic heterocycles. The Morgan fingerprint density at radius 3 is 2.41 bits per heavy atom. The summed E-state index contributed by atoms with van der Waals surface area (Å²) in [5.74, 6) is -0.758. The van der Waals surface area contributed by atoms with Gasteiger partial charge in [0.25, 0.3) is 0 Å². The molecule has 1 aromatic carbocycles. The van der Waals surface area contributed by atoms with Gasteiger partial charge in [0.15, 0.2) is 11.6 Å². The van der Waals surface area contributed by atoms with E-state index in [0.717, 1.165) is 19.0 Å². The molecule has 0 saturated carbocycles. The molecule has 0 bridgehead atoms. The van der Waals surface area contributed by atoms with Crippen molar-refractivity contribution in [1.82, 2.24) is 15.8 Å². The summed E-state index contributed by atoms with van der Waals surface area (Å²) in [5.41, 5.74) is 6.73. The van der Waals surface area contributed by atoms with E-state index in [1.165, 1.54) is 13.2 Å². The molecular weight excluding hydrogens is 288 g/mol. The van der Waals surface area contributed by atoms with Crippen LogP contribution in [0.5, 0.6) is 5.75 Å². The van der Waals surface area contributed by atoms with Gasteiger partial charge < -0.3 is 9.64 Å². The van der Waals surface area contributed by atoms with Crippen LogP contribution in [0.1, 0.15) is 25.8 Å². The molecule has 1 aromatic rings. The highest BCUT2D eigenvalue weighted by Crippen LogP contribution is 2.25. The third kappa shape index (κ3) is 3.74. The molecule has 6 heteroatoms. The Bertz CT molecular complexity index is 502. The predicted octanol–water partition coefficient (Wildman–Crippen LogP) is 2.30. The highest BCUT2D eigenvalue weighted by molar-refractivity contribution is 5.35. The predicted molar refractivity (Wildman–Crippen MR) is 82.5 cm³/mol. The molecule has 1 aliphatic rings. The maximum Gasteiger partial charge on any atom is 0.167 e. The molecule has 0 amide bonds. The number of hydrogen-bond donors (Lipinski definition) is 2. The van der Waals surface area contributed by atoms with Gasteiger partial charge >= 0.3 is 0 Å². The quantitative estimate of drug-likeness (QED) is 0.845. The maximum absolute atomic E-state index is 14.0. The molecule has 0 radical (unpaired) electrons. The van der Waals surface area contributed by atoms with E-state index in [1.54, 1.807) is 0 Å². The van der Waals surface area contributed by atoms with Crippen molar-refractivity contribution in [1.29, 1.82) is 0 Å². The molecule has 2 atom stereocenters. The fraction of sp³-hybridized carbons (Fsp3) is 0.625. The van der Waals surface area contributed by atoms with Gasteiger partial charge in [-0.2, -0.15) is 0 Å². The van der Waals surface area contributed by atoms with E-state index in [9.17, 15) is 8.78 Å². The summed E-state index contributed by atoms with van der Waals surface area (Å²) < 4.78 is 32.5. The Hall–Kier alpha value is -1.24. The number of rotatable bonds is 6. The molecule has 0 spiro atoms. The van der Waals surface area contributed by atoms with Crippen LogP contribution < -0.4 is 15.6 Å². The van der Waals surface area contributed by atoms with Crippen molar-refractivity contribution in [3.63, 3.8) is 0 Å². The van der Waals surface area contributed by atoms with Crippen LogP contribution in [0, 0.1) is 17.6 Å². The zero-order valence-electron chi connectivity index (χ0n) is 13.6. The first-order valence-electron chi connectivity index (χ1n) is 7.64. The van der Waals surface area contributed by atoms with Crippen molar-refractivity contribution < 1.29 is 13.5 Å². The molecule has 2 rings (SSSR count). The number of methoxy groups -OCH3 is 1. The average Bonchev–Trinajstić information content (AvgIpc) is 2.81. The van der Waals surface area contributed by atoms with E-state index in [0.29, 0.717) is 30.3 Å². The molecule has 0 aliphatic carbocycles. The first-order valence-corrected chi connectivity index (χ1v) is 7.64. The SMILES string of the molecule is COc1ccc(F)c(F)c1CN(C)CCC1C(C)NNC1C. The van der Waals surface area contributed by atoms with Crippen LogP contribution in [0.4, 0.5) is 8.78 Å². The molecule has 0 aromatic heterocycles. The summed E-state index contributed by atoms with van der Waals surface area (Å²) >= 11 is 0. The lowest BCUT2D eigenvalue weighted by molar-refractivity contribution is 0.269. The van der Waals surface area contributed by atoms with Gasteiger partial charge in [-0.25, -0.2) is 8.78 Å². The maximum atomic E-state index is 14.0. The standard InChI is InChI=1S/C16H25F2N3O/c1-10-12(11(2)20-19-10)7-8-21(3)9-13-15(22-4)6-5-14(17)16(13)18/h5-6,10-12,19-20H,7-9H2,1-4H3. The molecule has 124 valence electrons. The second kappa shape index (κ2) is 7.35. The third-order valence-corrected chi connectivity index (χ3v) is 4.47. The van der Waals surface area contributed by atoms with Crippen molar-refractivity contribution in [3.8, 4) is 5.75 Å². The van der Waals surface area contributed by atoms with Crippen LogP contribution in [0.3, 0.4) is 0 Å². The van der Waals surface area contributed by atoms with Crippen molar-refractivity contribution in [3.05, 3.63) is 29.3 Å². The Balaban J connectivity index is 1.97. The molecule has 4 nitrogen and oxygen atoms in total. The van der Waals surface area contributed by atoms with E-state index >= 15 is 0 Å². The second-order valence-electron chi connectivity index (χ2n) is 6.10. The number of nitrogens with zero attached hydrogens (tertiary/aromatic N) is 1. The highest BCUT2D eigenvalue weighted by atomic mass is 19.2. The normalized spacial score (nSPS) is 25.0. The van der Waals surface area contributed by atoms with E-state index in [-0.39, 0.29) is 5.56 Å². The lowest BCUT2D eigenvalue weighted by atomic mass is 9.93. The number of hydrazine groups is 1. The number of benzene rings is 1. The third-order valence-electron chi connectivity index (χ3n) is 4.47. The summed E-state index contributed by atoms with van der Waals surface area (Å²) in [6.07, 6.45) is 0.984. The van der Waals surface area contributed by atoms with Crippen molar-refractivity contribution in [2.24, 2.45) is 5.92 Å². The highest BCUT2D eigenvalue weighted by Gasteiger charge is 2.29. The van der Waals surface area contributed by atoms with Crippen LogP contribution in [0.2, 0.25) is 0 Å². The summed E-state index contributed by atoms with van der Waals surface area (Å²) in [5, 5.41) is 0. The smallest absolute Gasteiger partial charge is 0.167 e. The number of ether oxygens (including phenoxy) is 1. The van der Waals surface area contributed by atoms with Crippen LogP contribution in [0.15, 0.2) is 12.1 Å². The lowest BCUT2D eigenvalue weighted by Gasteiger charge is -2.23. The summed E-state index contributed by atoms with van der Waals surface area (Å²) in [6.45, 7) is 5.43. The second-order valence-corrected chi connectivity index (χ2v) is 6.10. The van der Waals surface area contributed by atoms with E-state index in [1.807, 2.05) is 11.9 Å². The van der Waals surface area contributed by atoms with Gasteiger partial charge in [-0.3, -0.25) is 10.9 Å². The Labute approximate surface area is 130 Å². The Kier molecular flexibility index (Phi) is 5.72. The first-order chi connectivity index (χ1) is 10.4. The minimum atomic E-state index is -0.837. The number of halogens is 2. The first kappa shape index (κ1) is 17.1. The van der Waals surface area contributed by atoms with Gasteiger partial charge in [0.2, 0.25) is 0 Å². The fourth-order valence-electron chi connectivity index (χ4n) is 3.04. The van der Waals surface area contributed by atoms with Gasteiger partial charge in [0, 0.05) is 24.2 Å². The van der Waals surface area contributed by atoms with Crippen molar-refractivity contribution >= 4 is 0 Å². The van der Waals surface area contributed by atoms with Crippen molar-refractivity contribution in [2.75, 3.05) is 20.7 Å². The molecule has 22 heavy (non-hydrogen) atoms. The van der Waals surface area contributed by atoms with Crippen LogP contribution in [0.25, 0.3) is 0 Å². The lowest BCUT2D eigenvalue weighted by Crippen LogP contribution is -2.30. The Morgan fingerprint density at radius 2 is 1.82 bits per heavy atom. The molecule has 1 saturated heterocycles. The van der Waals surface area contributed by atoms with Gasteiger partial charge in [-0.15, -0.1) is 0 Å². The summed E-state index contributed by atoms with van der Waals surface area (Å²) in [4.78, 5) is 2.00. The summed E-state index contributed by atoms with van der Waals surface area (Å²) in [7, 11) is 3.38. The number of nitrogens with one attached hydrogen (secondary N) is 2. The zero-order valence-corrected chi connectivity index (χ0v) is 13.6. The molecule has 2 unspecified atom stereocenters. The minimum Gasteiger partial charge on any atom is -0.496 e. The minimum absolute atomic E-state index is 0.272. The Morgan fingerprint density at radius 1 is 1.18 bits per heavy atom. The molecule has 1 heterocycles. The van der Waals surface area contributed by atoms with E-state index in [2.05, 4.69) is 24.7 Å². The van der Waals surface area contributed by atoms with Crippen LogP contribution in [-0.4, -0.2) is 37.7 Å². The van der Waals surface area contributed by atoms with Gasteiger partial charge in [-0.1, -0.05) is 0 Å². The van der Waals surface area contributed by atoms with Gasteiger partial charge in [0.1, 0.15) is 5.75 Å². The van der Waals surface area contributed by atoms with Crippen molar-refractivity contribution in [2.45, 2.75) is 38.9 Å². The van der Waals surface area contributed by atoms with Gasteiger partial charge in [0.05, 0.1) is 7.11 Å². The molecule has 1 fully saturated rings. The zero-order chi connectivity index (χ0) is 16.3. The molecule has 2 N–H and O–H groups in total. The monoisotopic (exact) mass is 313 g/mol. The van der Waals surface area contributed by atoms with Crippen LogP contribution >= 0.6 is 0 Å².